The van der Waals surface area contributed by atoms with Crippen molar-refractivity contribution in [1.82, 2.24) is 4.98 Å². The van der Waals surface area contributed by atoms with Gasteiger partial charge in [0, 0.05) is 17.2 Å². The summed E-state index contributed by atoms with van der Waals surface area (Å²) in [6, 6.07) is 18.6. The molecule has 0 fully saturated rings. The van der Waals surface area contributed by atoms with Crippen molar-refractivity contribution in [2.45, 2.75) is 58.3 Å². The third-order valence-electron chi connectivity index (χ3n) is 4.42. The molecule has 138 valence electrons. The van der Waals surface area contributed by atoms with Gasteiger partial charge in [-0.25, -0.2) is 4.98 Å². The van der Waals surface area contributed by atoms with E-state index in [4.69, 9.17) is 5.11 Å². The summed E-state index contributed by atoms with van der Waals surface area (Å²) in [4.78, 5) is 14.7. The van der Waals surface area contributed by atoms with Crippen LogP contribution in [0.5, 0.6) is 0 Å². The standard InChI is InChI=1S/C13H9N.C10H20O2/c1-3-7-12-10(5-1)9-11-6-2-4-8-13(11)14-12;1-2-3-4-5-6-7-8-9-10(11)12/h1-9H;2-9H2,1H3,(H,11,12). The van der Waals surface area contributed by atoms with E-state index in [2.05, 4.69) is 30.1 Å². The maximum Gasteiger partial charge on any atom is 0.303 e. The van der Waals surface area contributed by atoms with E-state index in [0.29, 0.717) is 6.42 Å². The number of aromatic nitrogens is 1. The lowest BCUT2D eigenvalue weighted by molar-refractivity contribution is -0.137. The number of nitrogens with zero attached hydrogens (tertiary/aromatic N) is 1. The van der Waals surface area contributed by atoms with Crippen LogP contribution in [-0.2, 0) is 4.79 Å². The van der Waals surface area contributed by atoms with Gasteiger partial charge in [0.05, 0.1) is 11.0 Å². The van der Waals surface area contributed by atoms with E-state index in [1.54, 1.807) is 0 Å². The molecule has 0 atom stereocenters. The SMILES string of the molecule is CCCCCCCCCC(=O)O.c1ccc2nc3ccccc3cc2c1. The molecule has 0 unspecified atom stereocenters. The number of benzene rings is 2. The van der Waals surface area contributed by atoms with E-state index in [0.717, 1.165) is 23.9 Å². The van der Waals surface area contributed by atoms with Gasteiger partial charge in [-0.15, -0.1) is 0 Å². The summed E-state index contributed by atoms with van der Waals surface area (Å²) >= 11 is 0. The molecule has 0 spiro atoms. The molecular formula is C23H29NO2. The van der Waals surface area contributed by atoms with Crippen molar-refractivity contribution < 1.29 is 9.90 Å². The first-order valence-electron chi connectivity index (χ1n) is 9.67. The van der Waals surface area contributed by atoms with Crippen LogP contribution in [0.1, 0.15) is 58.3 Å². The molecule has 26 heavy (non-hydrogen) atoms. The van der Waals surface area contributed by atoms with Gasteiger partial charge in [-0.05, 0) is 24.6 Å². The molecule has 0 amide bonds. The van der Waals surface area contributed by atoms with E-state index in [-0.39, 0.29) is 0 Å². The predicted octanol–water partition coefficient (Wildman–Crippen LogP) is 6.60. The molecule has 0 aliphatic heterocycles. The number of fused-ring (bicyclic) bond motifs is 2. The molecule has 0 aliphatic rings. The summed E-state index contributed by atoms with van der Waals surface area (Å²) in [5.74, 6) is -0.663. The lowest BCUT2D eigenvalue weighted by atomic mass is 10.1. The van der Waals surface area contributed by atoms with E-state index >= 15 is 0 Å². The highest BCUT2D eigenvalue weighted by Gasteiger charge is 1.97. The molecule has 0 radical (unpaired) electrons. The average Bonchev–Trinajstić information content (AvgIpc) is 2.66. The average molecular weight is 351 g/mol. The Morgan fingerprint density at radius 2 is 1.31 bits per heavy atom. The van der Waals surface area contributed by atoms with Crippen molar-refractivity contribution in [2.24, 2.45) is 0 Å². The Balaban J connectivity index is 0.000000191. The molecule has 3 aromatic rings. The number of aliphatic carboxylic acids is 1. The Morgan fingerprint density at radius 3 is 1.85 bits per heavy atom. The van der Waals surface area contributed by atoms with Gasteiger partial charge in [0.2, 0.25) is 0 Å². The zero-order valence-corrected chi connectivity index (χ0v) is 15.7. The lowest BCUT2D eigenvalue weighted by Gasteiger charge is -1.99. The maximum absolute atomic E-state index is 10.1. The van der Waals surface area contributed by atoms with Gasteiger partial charge in [0.15, 0.2) is 0 Å². The van der Waals surface area contributed by atoms with Gasteiger partial charge >= 0.3 is 5.97 Å². The third kappa shape index (κ3) is 6.83. The van der Waals surface area contributed by atoms with Gasteiger partial charge < -0.3 is 5.11 Å². The zero-order valence-electron chi connectivity index (χ0n) is 15.7. The highest BCUT2D eigenvalue weighted by molar-refractivity contribution is 5.92. The topological polar surface area (TPSA) is 50.2 Å². The molecule has 1 heterocycles. The Labute approximate surface area is 156 Å². The summed E-state index contributed by atoms with van der Waals surface area (Å²) in [6.45, 7) is 2.20. The van der Waals surface area contributed by atoms with Crippen molar-refractivity contribution in [2.75, 3.05) is 0 Å². The first-order valence-corrected chi connectivity index (χ1v) is 9.67. The fourth-order valence-electron chi connectivity index (χ4n) is 2.95. The second-order valence-electron chi connectivity index (χ2n) is 6.64. The highest BCUT2D eigenvalue weighted by atomic mass is 16.4. The summed E-state index contributed by atoms with van der Waals surface area (Å²) in [5.41, 5.74) is 2.12. The minimum atomic E-state index is -0.663. The predicted molar refractivity (Wildman–Crippen MR) is 109 cm³/mol. The number of hydrogen-bond donors (Lipinski definition) is 1. The van der Waals surface area contributed by atoms with E-state index in [1.807, 2.05) is 36.4 Å². The van der Waals surface area contributed by atoms with Gasteiger partial charge in [-0.3, -0.25) is 4.79 Å². The first-order chi connectivity index (χ1) is 12.7. The number of carboxylic acid groups (broad SMARTS) is 1. The van der Waals surface area contributed by atoms with E-state index in [9.17, 15) is 4.79 Å². The molecule has 0 aliphatic carbocycles. The number of carboxylic acids is 1. The highest BCUT2D eigenvalue weighted by Crippen LogP contribution is 2.18. The minimum absolute atomic E-state index is 0.341. The van der Waals surface area contributed by atoms with Gasteiger partial charge in [0.25, 0.3) is 0 Å². The number of para-hydroxylation sites is 2. The van der Waals surface area contributed by atoms with Crippen molar-refractivity contribution in [3.63, 3.8) is 0 Å². The molecule has 0 bridgehead atoms. The number of unbranched alkanes of at least 4 members (excludes halogenated alkanes) is 6. The van der Waals surface area contributed by atoms with Gasteiger partial charge in [-0.2, -0.15) is 0 Å². The van der Waals surface area contributed by atoms with E-state index < -0.39 is 5.97 Å². The van der Waals surface area contributed by atoms with Crippen LogP contribution in [0.3, 0.4) is 0 Å². The normalized spacial score (nSPS) is 10.5. The summed E-state index contributed by atoms with van der Waals surface area (Å²) in [7, 11) is 0. The minimum Gasteiger partial charge on any atom is -0.481 e. The molecular weight excluding hydrogens is 322 g/mol. The second kappa shape index (κ2) is 11.2. The van der Waals surface area contributed by atoms with E-state index in [1.165, 1.54) is 42.9 Å². The Kier molecular flexibility index (Phi) is 8.61. The smallest absolute Gasteiger partial charge is 0.303 e. The Bertz CT molecular complexity index is 708. The van der Waals surface area contributed by atoms with Crippen LogP contribution in [0.15, 0.2) is 54.6 Å². The van der Waals surface area contributed by atoms with Crippen LogP contribution in [0, 0.1) is 0 Å². The number of pyridine rings is 1. The van der Waals surface area contributed by atoms with Gasteiger partial charge in [-0.1, -0.05) is 81.8 Å². The van der Waals surface area contributed by atoms with Crippen LogP contribution in [0.25, 0.3) is 21.8 Å². The maximum atomic E-state index is 10.1. The van der Waals surface area contributed by atoms with Gasteiger partial charge in [0.1, 0.15) is 0 Å². The van der Waals surface area contributed by atoms with Crippen molar-refractivity contribution in [1.29, 1.82) is 0 Å². The van der Waals surface area contributed by atoms with Crippen molar-refractivity contribution >= 4 is 27.8 Å². The first kappa shape index (κ1) is 19.9. The molecule has 0 saturated carbocycles. The molecule has 2 aromatic carbocycles. The molecule has 3 heteroatoms. The Morgan fingerprint density at radius 1 is 0.808 bits per heavy atom. The monoisotopic (exact) mass is 351 g/mol. The molecule has 3 nitrogen and oxygen atoms in total. The molecule has 0 saturated heterocycles. The van der Waals surface area contributed by atoms with Crippen LogP contribution >= 0.6 is 0 Å². The number of hydrogen-bond acceptors (Lipinski definition) is 2. The zero-order chi connectivity index (χ0) is 18.6. The van der Waals surface area contributed by atoms with Crippen LogP contribution in [0.2, 0.25) is 0 Å². The second-order valence-corrected chi connectivity index (χ2v) is 6.64. The van der Waals surface area contributed by atoms with Crippen LogP contribution in [-0.4, -0.2) is 16.1 Å². The van der Waals surface area contributed by atoms with Crippen molar-refractivity contribution in [3.8, 4) is 0 Å². The summed E-state index contributed by atoms with van der Waals surface area (Å²) < 4.78 is 0. The quantitative estimate of drug-likeness (QED) is 0.367. The fourth-order valence-corrected chi connectivity index (χ4v) is 2.95. The molecule has 3 rings (SSSR count). The lowest BCUT2D eigenvalue weighted by Crippen LogP contribution is -1.93. The summed E-state index contributed by atoms with van der Waals surface area (Å²) in [6.07, 6.45) is 8.64. The summed E-state index contributed by atoms with van der Waals surface area (Å²) in [5, 5.41) is 10.8. The number of carbonyl (C=O) groups is 1. The third-order valence-corrected chi connectivity index (χ3v) is 4.42. The van der Waals surface area contributed by atoms with Crippen LogP contribution in [0.4, 0.5) is 0 Å². The van der Waals surface area contributed by atoms with Crippen molar-refractivity contribution in [3.05, 3.63) is 54.6 Å². The largest absolute Gasteiger partial charge is 0.481 e. The fraction of sp³-hybridized carbons (Fsp3) is 0.391. The van der Waals surface area contributed by atoms with Crippen LogP contribution < -0.4 is 0 Å². The molecule has 1 N–H and O–H groups in total. The Hall–Kier alpha value is -2.42. The number of rotatable bonds is 8. The molecule has 1 aromatic heterocycles.